The summed E-state index contributed by atoms with van der Waals surface area (Å²) in [7, 11) is 1.45. The van der Waals surface area contributed by atoms with E-state index in [0.717, 1.165) is 10.9 Å². The Kier molecular flexibility index (Phi) is 5.91. The van der Waals surface area contributed by atoms with Crippen molar-refractivity contribution < 1.29 is 23.5 Å². The second-order valence-electron chi connectivity index (χ2n) is 7.54. The van der Waals surface area contributed by atoms with Gasteiger partial charge in [0.25, 0.3) is 11.8 Å². The van der Waals surface area contributed by atoms with Gasteiger partial charge in [-0.2, -0.15) is 0 Å². The first kappa shape index (κ1) is 20.8. The summed E-state index contributed by atoms with van der Waals surface area (Å²) in [6.07, 6.45) is 0.687. The minimum absolute atomic E-state index is 0.0910. The smallest absolute Gasteiger partial charge is 0.255 e. The minimum atomic E-state index is -1.53. The molecule has 0 spiro atoms. The number of primary amides is 1. The van der Waals surface area contributed by atoms with Gasteiger partial charge in [-0.1, -0.05) is 20.8 Å². The number of rotatable bonds is 7. The molecule has 2 amide bonds. The van der Waals surface area contributed by atoms with E-state index in [4.69, 9.17) is 15.2 Å². The summed E-state index contributed by atoms with van der Waals surface area (Å²) in [5.41, 5.74) is 6.71. The van der Waals surface area contributed by atoms with Gasteiger partial charge in [-0.15, -0.1) is 0 Å². The molecule has 0 saturated carbocycles. The summed E-state index contributed by atoms with van der Waals surface area (Å²) in [6, 6.07) is 2.92. The Hall–Kier alpha value is -2.90. The molecule has 1 saturated heterocycles. The molecule has 0 radical (unpaired) electrons. The molecule has 3 N–H and O–H groups in total. The van der Waals surface area contributed by atoms with Gasteiger partial charge in [-0.3, -0.25) is 9.59 Å². The van der Waals surface area contributed by atoms with Crippen molar-refractivity contribution in [1.29, 1.82) is 0 Å². The average Bonchev–Trinajstić information content (AvgIpc) is 2.97. The van der Waals surface area contributed by atoms with Crippen LogP contribution in [0.4, 0.5) is 4.39 Å². The molecule has 29 heavy (non-hydrogen) atoms. The van der Waals surface area contributed by atoms with E-state index in [1.54, 1.807) is 18.3 Å². The number of nitrogens with two attached hydrogens (primary N) is 1. The highest BCUT2D eigenvalue weighted by Crippen LogP contribution is 2.35. The second kappa shape index (κ2) is 8.23. The van der Waals surface area contributed by atoms with Crippen molar-refractivity contribution in [2.75, 3.05) is 13.7 Å². The molecule has 1 aliphatic rings. The van der Waals surface area contributed by atoms with E-state index < -0.39 is 29.9 Å². The van der Waals surface area contributed by atoms with Crippen LogP contribution in [0.2, 0.25) is 0 Å². The number of methoxy groups -OCH3 is 1. The number of aromatic nitrogens is 1. The van der Waals surface area contributed by atoms with Crippen molar-refractivity contribution in [3.8, 4) is 11.6 Å². The zero-order chi connectivity index (χ0) is 21.3. The predicted octanol–water partition coefficient (Wildman–Crippen LogP) is 2.71. The number of pyridine rings is 1. The fourth-order valence-corrected chi connectivity index (χ4v) is 3.79. The van der Waals surface area contributed by atoms with Gasteiger partial charge in [-0.25, -0.2) is 9.37 Å². The van der Waals surface area contributed by atoms with E-state index in [0.29, 0.717) is 23.4 Å². The number of ether oxygens (including phenoxy) is 2. The maximum Gasteiger partial charge on any atom is 0.255 e. The van der Waals surface area contributed by atoms with Crippen molar-refractivity contribution in [1.82, 2.24) is 10.3 Å². The van der Waals surface area contributed by atoms with Crippen LogP contribution in [0.3, 0.4) is 0 Å². The van der Waals surface area contributed by atoms with Crippen LogP contribution >= 0.6 is 0 Å². The summed E-state index contributed by atoms with van der Waals surface area (Å²) in [4.78, 5) is 27.9. The molecule has 2 heterocycles. The fourth-order valence-electron chi connectivity index (χ4n) is 3.79. The first-order valence-corrected chi connectivity index (χ1v) is 9.66. The zero-order valence-electron chi connectivity index (χ0n) is 17.0. The number of carbonyl (C=O) groups excluding carboxylic acids is 2. The molecule has 3 atom stereocenters. The number of benzene rings is 1. The van der Waals surface area contributed by atoms with Gasteiger partial charge in [0.2, 0.25) is 5.88 Å². The van der Waals surface area contributed by atoms with Gasteiger partial charge >= 0.3 is 0 Å². The molecule has 8 heteroatoms. The molecule has 7 nitrogen and oxygen atoms in total. The van der Waals surface area contributed by atoms with Crippen molar-refractivity contribution in [2.24, 2.45) is 11.7 Å². The summed E-state index contributed by atoms with van der Waals surface area (Å²) in [5, 5.41) is 4.09. The molecular formula is C21H26FN3O4. The molecule has 1 fully saturated rings. The highest BCUT2D eigenvalue weighted by molar-refractivity contribution is 6.02. The lowest BCUT2D eigenvalue weighted by Gasteiger charge is -2.20. The number of hydrogen-bond donors (Lipinski definition) is 2. The molecule has 0 bridgehead atoms. The lowest BCUT2D eigenvalue weighted by Crippen LogP contribution is -2.34. The number of amides is 2. The Morgan fingerprint density at radius 3 is 2.66 bits per heavy atom. The van der Waals surface area contributed by atoms with Gasteiger partial charge in [-0.05, 0) is 35.4 Å². The molecule has 156 valence electrons. The Bertz CT molecular complexity index is 947. The van der Waals surface area contributed by atoms with Crippen LogP contribution < -0.4 is 20.5 Å². The van der Waals surface area contributed by atoms with E-state index in [9.17, 15) is 14.0 Å². The van der Waals surface area contributed by atoms with Gasteiger partial charge in [0.15, 0.2) is 6.17 Å². The van der Waals surface area contributed by atoms with Gasteiger partial charge in [0.05, 0.1) is 18.7 Å². The van der Waals surface area contributed by atoms with E-state index in [-0.39, 0.29) is 18.1 Å². The summed E-state index contributed by atoms with van der Waals surface area (Å²) < 4.78 is 25.2. The molecule has 3 unspecified atom stereocenters. The van der Waals surface area contributed by atoms with Crippen LogP contribution in [0.25, 0.3) is 10.8 Å². The van der Waals surface area contributed by atoms with E-state index in [2.05, 4.69) is 10.3 Å². The zero-order valence-corrected chi connectivity index (χ0v) is 17.0. The molecule has 1 aliphatic heterocycles. The molecule has 3 rings (SSSR count). The van der Waals surface area contributed by atoms with Crippen LogP contribution in [0.15, 0.2) is 18.3 Å². The molecule has 0 aliphatic carbocycles. The lowest BCUT2D eigenvalue weighted by atomic mass is 9.96. The van der Waals surface area contributed by atoms with Gasteiger partial charge in [0.1, 0.15) is 12.4 Å². The van der Waals surface area contributed by atoms with Gasteiger partial charge < -0.3 is 20.5 Å². The highest BCUT2D eigenvalue weighted by atomic mass is 19.1. The topological polar surface area (TPSA) is 104 Å². The number of alkyl halides is 1. The molecule has 2 aromatic rings. The van der Waals surface area contributed by atoms with Crippen molar-refractivity contribution >= 4 is 22.6 Å². The third-order valence-corrected chi connectivity index (χ3v) is 5.43. The molecule has 1 aromatic carbocycles. The van der Waals surface area contributed by atoms with Crippen molar-refractivity contribution in [3.63, 3.8) is 0 Å². The van der Waals surface area contributed by atoms with Crippen LogP contribution in [0.1, 0.15) is 49.0 Å². The van der Waals surface area contributed by atoms with E-state index in [1.807, 2.05) is 20.8 Å². The number of hydrogen-bond acceptors (Lipinski definition) is 5. The number of halogens is 1. The van der Waals surface area contributed by atoms with Gasteiger partial charge in [0, 0.05) is 17.5 Å². The lowest BCUT2D eigenvalue weighted by molar-refractivity contribution is -0.123. The maximum atomic E-state index is 14.0. The fraction of sp³-hybridized carbons (Fsp3) is 0.476. The Morgan fingerprint density at radius 1 is 1.34 bits per heavy atom. The van der Waals surface area contributed by atoms with Crippen LogP contribution in [0, 0.1) is 5.92 Å². The normalized spacial score (nSPS) is 21.4. The number of nitrogens with zero attached hydrogens (tertiary/aromatic N) is 1. The SMILES string of the molecule is CCC1C(COc2ncc(C(C)C)c3cc(C(N)=O)c(OC)cc23)NC(=O)C1F. The quantitative estimate of drug-likeness (QED) is 0.740. The number of nitrogens with one attached hydrogen (secondary N) is 1. The standard InChI is InChI=1S/C21H26FN3O4/c1-5-11-16(25-20(27)18(11)22)9-29-21-13-7-17(28-4)14(19(23)26)6-12(13)15(8-24-21)10(2)3/h6-8,10-11,16,18H,5,9H2,1-4H3,(H2,23,26)(H,25,27). The monoisotopic (exact) mass is 403 g/mol. The Morgan fingerprint density at radius 2 is 2.07 bits per heavy atom. The third-order valence-electron chi connectivity index (χ3n) is 5.43. The van der Waals surface area contributed by atoms with Crippen LogP contribution in [0.5, 0.6) is 11.6 Å². The number of carbonyl (C=O) groups is 2. The second-order valence-corrected chi connectivity index (χ2v) is 7.54. The Balaban J connectivity index is 2.01. The van der Waals surface area contributed by atoms with Crippen LogP contribution in [-0.2, 0) is 4.79 Å². The minimum Gasteiger partial charge on any atom is -0.496 e. The van der Waals surface area contributed by atoms with Crippen molar-refractivity contribution in [3.05, 3.63) is 29.5 Å². The van der Waals surface area contributed by atoms with E-state index in [1.165, 1.54) is 7.11 Å². The van der Waals surface area contributed by atoms with E-state index >= 15 is 0 Å². The first-order valence-electron chi connectivity index (χ1n) is 9.66. The summed E-state index contributed by atoms with van der Waals surface area (Å²) in [6.45, 7) is 5.97. The Labute approximate surface area is 168 Å². The summed E-state index contributed by atoms with van der Waals surface area (Å²) >= 11 is 0. The largest absolute Gasteiger partial charge is 0.496 e. The summed E-state index contributed by atoms with van der Waals surface area (Å²) in [5.74, 6) is -0.844. The average molecular weight is 403 g/mol. The van der Waals surface area contributed by atoms with Crippen molar-refractivity contribution in [2.45, 2.75) is 45.3 Å². The third kappa shape index (κ3) is 3.83. The van der Waals surface area contributed by atoms with Crippen LogP contribution in [-0.4, -0.2) is 42.7 Å². The molecular weight excluding hydrogens is 377 g/mol. The highest BCUT2D eigenvalue weighted by Gasteiger charge is 2.41. The first-order chi connectivity index (χ1) is 13.8. The predicted molar refractivity (Wildman–Crippen MR) is 107 cm³/mol. The molecule has 1 aromatic heterocycles. The maximum absolute atomic E-state index is 14.0. The number of fused-ring (bicyclic) bond motifs is 1.